The maximum absolute atomic E-state index is 13.4. The fourth-order valence-corrected chi connectivity index (χ4v) is 4.97. The first-order valence-corrected chi connectivity index (χ1v) is 10.8. The van der Waals surface area contributed by atoms with Crippen molar-refractivity contribution in [1.82, 2.24) is 10.2 Å². The third-order valence-electron chi connectivity index (χ3n) is 5.43. The molecule has 4 rings (SSSR count). The lowest BCUT2D eigenvalue weighted by Crippen LogP contribution is -2.42. The summed E-state index contributed by atoms with van der Waals surface area (Å²) in [6.45, 7) is 2.05. The van der Waals surface area contributed by atoms with E-state index in [-0.39, 0.29) is 30.1 Å². The molecule has 0 saturated carbocycles. The molecule has 1 N–H and O–H groups in total. The Morgan fingerprint density at radius 3 is 2.57 bits per heavy atom. The third kappa shape index (κ3) is 4.28. The first kappa shape index (κ1) is 20.3. The molecular weight excluding hydrogens is 399 g/mol. The van der Waals surface area contributed by atoms with E-state index in [0.717, 1.165) is 12.0 Å². The van der Waals surface area contributed by atoms with Gasteiger partial charge in [0.2, 0.25) is 11.8 Å². The topological polar surface area (TPSA) is 49.4 Å². The maximum Gasteiger partial charge on any atom is 0.225 e. The summed E-state index contributed by atoms with van der Waals surface area (Å²) in [4.78, 5) is 28.4. The third-order valence-corrected chi connectivity index (χ3v) is 6.43. The highest BCUT2D eigenvalue weighted by molar-refractivity contribution is 7.10. The number of hydrogen-bond donors (Lipinski definition) is 1. The molecule has 154 valence electrons. The molecule has 4 nitrogen and oxygen atoms in total. The Labute approximate surface area is 179 Å². The normalized spacial score (nSPS) is 16.6. The van der Waals surface area contributed by atoms with Crippen molar-refractivity contribution in [2.24, 2.45) is 0 Å². The Balaban J connectivity index is 1.63. The van der Waals surface area contributed by atoms with Crippen molar-refractivity contribution in [2.45, 2.75) is 31.8 Å². The molecule has 2 aromatic carbocycles. The van der Waals surface area contributed by atoms with Gasteiger partial charge in [-0.2, -0.15) is 0 Å². The zero-order chi connectivity index (χ0) is 21.1. The highest BCUT2D eigenvalue weighted by Crippen LogP contribution is 2.38. The Morgan fingerprint density at radius 1 is 1.13 bits per heavy atom. The average Bonchev–Trinajstić information content (AvgIpc) is 3.22. The van der Waals surface area contributed by atoms with E-state index in [1.54, 1.807) is 23.5 Å². The van der Waals surface area contributed by atoms with Crippen LogP contribution in [0, 0.1) is 5.82 Å². The standard InChI is InChI=1S/C24H23FN2O2S/c1-16(28)26-21(17-7-9-19(25)10-8-17)15-23(29)27-13-11-22-20(12-14-30-22)24(27)18-5-3-2-4-6-18/h2-10,12,14,21,24H,11,13,15H2,1H3,(H,26,28). The number of amides is 2. The second-order valence-corrected chi connectivity index (χ2v) is 8.46. The van der Waals surface area contributed by atoms with Crippen molar-refractivity contribution in [3.05, 3.63) is 93.4 Å². The number of carbonyl (C=O) groups is 2. The van der Waals surface area contributed by atoms with E-state index < -0.39 is 6.04 Å². The quantitative estimate of drug-likeness (QED) is 0.652. The monoisotopic (exact) mass is 422 g/mol. The van der Waals surface area contributed by atoms with E-state index in [9.17, 15) is 14.0 Å². The largest absolute Gasteiger partial charge is 0.349 e. The van der Waals surface area contributed by atoms with Crippen molar-refractivity contribution < 1.29 is 14.0 Å². The average molecular weight is 423 g/mol. The minimum atomic E-state index is -0.504. The number of carbonyl (C=O) groups excluding carboxylic acids is 2. The molecule has 2 amide bonds. The van der Waals surface area contributed by atoms with Gasteiger partial charge in [-0.1, -0.05) is 42.5 Å². The predicted octanol–water partition coefficient (Wildman–Crippen LogP) is 4.63. The van der Waals surface area contributed by atoms with E-state index in [2.05, 4.69) is 16.8 Å². The lowest BCUT2D eigenvalue weighted by atomic mass is 9.92. The molecule has 0 spiro atoms. The molecule has 0 aliphatic carbocycles. The van der Waals surface area contributed by atoms with Gasteiger partial charge in [0.25, 0.3) is 0 Å². The summed E-state index contributed by atoms with van der Waals surface area (Å²) >= 11 is 1.73. The van der Waals surface area contributed by atoms with Crippen molar-refractivity contribution in [1.29, 1.82) is 0 Å². The number of thiophene rings is 1. The van der Waals surface area contributed by atoms with Crippen LogP contribution in [-0.2, 0) is 16.0 Å². The van der Waals surface area contributed by atoms with Crippen LogP contribution in [0.4, 0.5) is 4.39 Å². The Morgan fingerprint density at radius 2 is 1.87 bits per heavy atom. The van der Waals surface area contributed by atoms with Crippen LogP contribution in [0.5, 0.6) is 0 Å². The van der Waals surface area contributed by atoms with Gasteiger partial charge < -0.3 is 10.2 Å². The van der Waals surface area contributed by atoms with Crippen LogP contribution in [0.3, 0.4) is 0 Å². The summed E-state index contributed by atoms with van der Waals surface area (Å²) in [7, 11) is 0. The van der Waals surface area contributed by atoms with E-state index in [1.807, 2.05) is 35.2 Å². The Hall–Kier alpha value is -2.99. The number of nitrogens with zero attached hydrogens (tertiary/aromatic N) is 1. The van der Waals surface area contributed by atoms with E-state index >= 15 is 0 Å². The minimum absolute atomic E-state index is 0.0382. The Bertz CT molecular complexity index is 1030. The smallest absolute Gasteiger partial charge is 0.225 e. The molecule has 1 aliphatic rings. The summed E-state index contributed by atoms with van der Waals surface area (Å²) in [5.74, 6) is -0.615. The van der Waals surface area contributed by atoms with Crippen molar-refractivity contribution in [3.63, 3.8) is 0 Å². The summed E-state index contributed by atoms with van der Waals surface area (Å²) in [6, 6.07) is 17.4. The second kappa shape index (κ2) is 8.79. The molecule has 1 aliphatic heterocycles. The van der Waals surface area contributed by atoms with Crippen molar-refractivity contribution >= 4 is 23.2 Å². The number of fused-ring (bicyclic) bond motifs is 1. The second-order valence-electron chi connectivity index (χ2n) is 7.46. The fourth-order valence-electron chi connectivity index (χ4n) is 4.06. The number of hydrogen-bond acceptors (Lipinski definition) is 3. The van der Waals surface area contributed by atoms with Gasteiger partial charge in [-0.05, 0) is 46.7 Å². The molecule has 0 fully saturated rings. The number of nitrogens with one attached hydrogen (secondary N) is 1. The number of rotatable bonds is 5. The molecule has 3 aromatic rings. The molecule has 6 heteroatoms. The maximum atomic E-state index is 13.4. The van der Waals surface area contributed by atoms with Gasteiger partial charge in [-0.3, -0.25) is 9.59 Å². The lowest BCUT2D eigenvalue weighted by Gasteiger charge is -2.37. The summed E-state index contributed by atoms with van der Waals surface area (Å²) in [5.41, 5.74) is 2.95. The molecule has 2 unspecified atom stereocenters. The fraction of sp³-hybridized carbons (Fsp3) is 0.250. The molecule has 30 heavy (non-hydrogen) atoms. The van der Waals surface area contributed by atoms with Gasteiger partial charge in [0.15, 0.2) is 0 Å². The van der Waals surface area contributed by atoms with Crippen molar-refractivity contribution in [2.75, 3.05) is 6.54 Å². The van der Waals surface area contributed by atoms with Gasteiger partial charge in [-0.25, -0.2) is 4.39 Å². The van der Waals surface area contributed by atoms with E-state index in [0.29, 0.717) is 12.1 Å². The first-order valence-electron chi connectivity index (χ1n) is 9.96. The van der Waals surface area contributed by atoms with Crippen LogP contribution in [0.15, 0.2) is 66.0 Å². The highest BCUT2D eigenvalue weighted by atomic mass is 32.1. The molecule has 0 saturated heterocycles. The van der Waals surface area contributed by atoms with Gasteiger partial charge in [0.05, 0.1) is 18.5 Å². The number of benzene rings is 2. The predicted molar refractivity (Wildman–Crippen MR) is 116 cm³/mol. The summed E-state index contributed by atoms with van der Waals surface area (Å²) < 4.78 is 13.4. The SMILES string of the molecule is CC(=O)NC(CC(=O)N1CCc2sccc2C1c1ccccc1)c1ccc(F)cc1. The molecule has 2 heterocycles. The minimum Gasteiger partial charge on any atom is -0.349 e. The molecular formula is C24H23FN2O2S. The summed E-state index contributed by atoms with van der Waals surface area (Å²) in [6.07, 6.45) is 0.942. The van der Waals surface area contributed by atoms with Crippen LogP contribution in [0.1, 0.15) is 47.0 Å². The number of halogens is 1. The zero-order valence-electron chi connectivity index (χ0n) is 16.7. The van der Waals surface area contributed by atoms with Crippen molar-refractivity contribution in [3.8, 4) is 0 Å². The summed E-state index contributed by atoms with van der Waals surface area (Å²) in [5, 5.41) is 4.92. The molecule has 1 aromatic heterocycles. The molecule has 0 bridgehead atoms. The first-order chi connectivity index (χ1) is 14.5. The van der Waals surface area contributed by atoms with E-state index in [4.69, 9.17) is 0 Å². The van der Waals surface area contributed by atoms with Crippen LogP contribution in [-0.4, -0.2) is 23.3 Å². The van der Waals surface area contributed by atoms with Gasteiger partial charge >= 0.3 is 0 Å². The molecule has 0 radical (unpaired) electrons. The lowest BCUT2D eigenvalue weighted by molar-refractivity contribution is -0.134. The zero-order valence-corrected chi connectivity index (χ0v) is 17.5. The van der Waals surface area contributed by atoms with Crippen LogP contribution in [0.2, 0.25) is 0 Å². The van der Waals surface area contributed by atoms with Gasteiger partial charge in [-0.15, -0.1) is 11.3 Å². The van der Waals surface area contributed by atoms with Crippen LogP contribution >= 0.6 is 11.3 Å². The van der Waals surface area contributed by atoms with E-state index in [1.165, 1.54) is 29.5 Å². The van der Waals surface area contributed by atoms with Gasteiger partial charge in [0.1, 0.15) is 5.82 Å². The molecule has 2 atom stereocenters. The Kier molecular flexibility index (Phi) is 5.95. The van der Waals surface area contributed by atoms with Crippen LogP contribution in [0.25, 0.3) is 0 Å². The van der Waals surface area contributed by atoms with Crippen LogP contribution < -0.4 is 5.32 Å². The van der Waals surface area contributed by atoms with Gasteiger partial charge in [0, 0.05) is 18.3 Å². The highest BCUT2D eigenvalue weighted by Gasteiger charge is 2.33.